The number of hydrogen-bond donors (Lipinski definition) is 1. The van der Waals surface area contributed by atoms with Crippen molar-refractivity contribution in [3.8, 4) is 5.75 Å². The molecule has 1 aromatic carbocycles. The van der Waals surface area contributed by atoms with E-state index in [0.717, 1.165) is 12.5 Å². The molecule has 0 aliphatic carbocycles. The number of rotatable bonds is 5. The van der Waals surface area contributed by atoms with Gasteiger partial charge in [-0.1, -0.05) is 19.9 Å². The third-order valence-corrected chi connectivity index (χ3v) is 2.91. The summed E-state index contributed by atoms with van der Waals surface area (Å²) in [6.45, 7) is 4.72. The van der Waals surface area contributed by atoms with Crippen molar-refractivity contribution < 1.29 is 13.9 Å². The van der Waals surface area contributed by atoms with Gasteiger partial charge < -0.3 is 14.9 Å². The van der Waals surface area contributed by atoms with Crippen LogP contribution in [0.1, 0.15) is 30.8 Å². The molecule has 0 aliphatic rings. The molecule has 2 aromatic rings. The smallest absolute Gasteiger partial charge is 0.284 e. The average molecular weight is 275 g/mol. The molecular weight excluding hydrogens is 258 g/mol. The molecule has 2 rings (SSSR count). The van der Waals surface area contributed by atoms with E-state index in [4.69, 9.17) is 14.9 Å². The van der Waals surface area contributed by atoms with Crippen LogP contribution in [0.2, 0.25) is 0 Å². The van der Waals surface area contributed by atoms with Gasteiger partial charge in [0.25, 0.3) is 5.91 Å². The molecule has 0 saturated heterocycles. The Morgan fingerprint density at radius 2 is 2.15 bits per heavy atom. The molecule has 1 aromatic heterocycles. The van der Waals surface area contributed by atoms with Gasteiger partial charge in [-0.05, 0) is 24.5 Å². The second-order valence-electron chi connectivity index (χ2n) is 5.00. The van der Waals surface area contributed by atoms with E-state index in [9.17, 15) is 9.59 Å². The standard InChI is InChI=1S/C15H17NO4/c1-9(2)6-7-19-11-4-3-5-12-14(11)10(17)8-13(20-12)15(16)18/h3-5,8-9H,6-7H2,1-2H3,(H2,16,18). The van der Waals surface area contributed by atoms with Crippen molar-refractivity contribution in [1.82, 2.24) is 0 Å². The number of fused-ring (bicyclic) bond motifs is 1. The molecule has 20 heavy (non-hydrogen) atoms. The highest BCUT2D eigenvalue weighted by Crippen LogP contribution is 2.23. The lowest BCUT2D eigenvalue weighted by Crippen LogP contribution is -2.15. The zero-order valence-corrected chi connectivity index (χ0v) is 11.5. The van der Waals surface area contributed by atoms with Crippen LogP contribution in [0.5, 0.6) is 5.75 Å². The molecule has 0 fully saturated rings. The molecule has 0 atom stereocenters. The number of carbonyl (C=O) groups is 1. The van der Waals surface area contributed by atoms with Crippen molar-refractivity contribution in [2.45, 2.75) is 20.3 Å². The summed E-state index contributed by atoms with van der Waals surface area (Å²) in [5.74, 6) is 0.0627. The van der Waals surface area contributed by atoms with Crippen molar-refractivity contribution in [2.75, 3.05) is 6.61 Å². The Bertz CT molecular complexity index is 688. The van der Waals surface area contributed by atoms with E-state index >= 15 is 0 Å². The molecule has 0 bridgehead atoms. The molecule has 1 heterocycles. The molecule has 2 N–H and O–H groups in total. The zero-order chi connectivity index (χ0) is 14.7. The van der Waals surface area contributed by atoms with E-state index in [0.29, 0.717) is 29.2 Å². The summed E-state index contributed by atoms with van der Waals surface area (Å²) in [7, 11) is 0. The van der Waals surface area contributed by atoms with Crippen molar-refractivity contribution in [3.63, 3.8) is 0 Å². The molecule has 0 spiro atoms. The van der Waals surface area contributed by atoms with Crippen molar-refractivity contribution in [2.24, 2.45) is 11.7 Å². The van der Waals surface area contributed by atoms with Gasteiger partial charge in [0.2, 0.25) is 0 Å². The maximum Gasteiger partial charge on any atom is 0.284 e. The first-order valence-corrected chi connectivity index (χ1v) is 6.48. The van der Waals surface area contributed by atoms with Gasteiger partial charge in [-0.15, -0.1) is 0 Å². The van der Waals surface area contributed by atoms with Crippen LogP contribution in [0.25, 0.3) is 11.0 Å². The first kappa shape index (κ1) is 14.1. The molecule has 5 nitrogen and oxygen atoms in total. The van der Waals surface area contributed by atoms with Crippen molar-refractivity contribution in [3.05, 3.63) is 40.2 Å². The second-order valence-corrected chi connectivity index (χ2v) is 5.00. The van der Waals surface area contributed by atoms with Gasteiger partial charge in [0.15, 0.2) is 11.2 Å². The van der Waals surface area contributed by atoms with Crippen LogP contribution in [0.4, 0.5) is 0 Å². The quantitative estimate of drug-likeness (QED) is 0.907. The van der Waals surface area contributed by atoms with E-state index in [2.05, 4.69) is 13.8 Å². The van der Waals surface area contributed by atoms with Gasteiger partial charge >= 0.3 is 0 Å². The zero-order valence-electron chi connectivity index (χ0n) is 11.5. The fourth-order valence-corrected chi connectivity index (χ4v) is 1.82. The lowest BCUT2D eigenvalue weighted by atomic mass is 10.1. The predicted octanol–water partition coefficient (Wildman–Crippen LogP) is 2.32. The summed E-state index contributed by atoms with van der Waals surface area (Å²) < 4.78 is 11.0. The molecular formula is C15H17NO4. The van der Waals surface area contributed by atoms with Crippen LogP contribution < -0.4 is 15.9 Å². The summed E-state index contributed by atoms with van der Waals surface area (Å²) in [4.78, 5) is 23.2. The number of benzene rings is 1. The van der Waals surface area contributed by atoms with Crippen LogP contribution in [-0.2, 0) is 0 Å². The largest absolute Gasteiger partial charge is 0.493 e. The fraction of sp³-hybridized carbons (Fsp3) is 0.333. The van der Waals surface area contributed by atoms with Crippen LogP contribution in [0, 0.1) is 5.92 Å². The maximum absolute atomic E-state index is 12.1. The topological polar surface area (TPSA) is 82.5 Å². The Hall–Kier alpha value is -2.30. The monoisotopic (exact) mass is 275 g/mol. The summed E-state index contributed by atoms with van der Waals surface area (Å²) in [6, 6.07) is 6.13. The van der Waals surface area contributed by atoms with Gasteiger partial charge in [0.05, 0.1) is 6.61 Å². The van der Waals surface area contributed by atoms with Gasteiger partial charge in [-0.2, -0.15) is 0 Å². The lowest BCUT2D eigenvalue weighted by molar-refractivity contribution is 0.0974. The van der Waals surface area contributed by atoms with Crippen molar-refractivity contribution >= 4 is 16.9 Å². The van der Waals surface area contributed by atoms with Gasteiger partial charge in [0, 0.05) is 6.07 Å². The molecule has 0 unspecified atom stereocenters. The highest BCUT2D eigenvalue weighted by Gasteiger charge is 2.13. The number of primary amides is 1. The first-order valence-electron chi connectivity index (χ1n) is 6.48. The number of ether oxygens (including phenoxy) is 1. The SMILES string of the molecule is CC(C)CCOc1cccc2oc(C(N)=O)cc(=O)c12. The minimum absolute atomic E-state index is 0.151. The highest BCUT2D eigenvalue weighted by atomic mass is 16.5. The van der Waals surface area contributed by atoms with Crippen LogP contribution in [0.15, 0.2) is 33.5 Å². The Kier molecular flexibility index (Phi) is 4.08. The Balaban J connectivity index is 2.42. The maximum atomic E-state index is 12.1. The third-order valence-electron chi connectivity index (χ3n) is 2.91. The fourth-order valence-electron chi connectivity index (χ4n) is 1.82. The third kappa shape index (κ3) is 2.99. The molecule has 0 saturated carbocycles. The Morgan fingerprint density at radius 1 is 1.40 bits per heavy atom. The predicted molar refractivity (Wildman–Crippen MR) is 76.0 cm³/mol. The minimum Gasteiger partial charge on any atom is -0.493 e. The molecule has 0 aliphatic heterocycles. The first-order chi connectivity index (χ1) is 9.49. The van der Waals surface area contributed by atoms with Gasteiger partial charge in [0.1, 0.15) is 16.7 Å². The van der Waals surface area contributed by atoms with Crippen molar-refractivity contribution in [1.29, 1.82) is 0 Å². The Morgan fingerprint density at radius 3 is 2.80 bits per heavy atom. The Labute approximate surface area is 116 Å². The molecule has 5 heteroatoms. The van der Waals surface area contributed by atoms with Gasteiger partial charge in [-0.3, -0.25) is 9.59 Å². The summed E-state index contributed by atoms with van der Waals surface area (Å²) in [5.41, 5.74) is 5.09. The highest BCUT2D eigenvalue weighted by molar-refractivity contribution is 5.92. The number of nitrogens with two attached hydrogens (primary N) is 1. The van der Waals surface area contributed by atoms with E-state index in [-0.39, 0.29) is 11.2 Å². The number of hydrogen-bond acceptors (Lipinski definition) is 4. The van der Waals surface area contributed by atoms with Crippen LogP contribution >= 0.6 is 0 Å². The van der Waals surface area contributed by atoms with E-state index in [1.165, 1.54) is 0 Å². The van der Waals surface area contributed by atoms with E-state index in [1.807, 2.05) is 0 Å². The lowest BCUT2D eigenvalue weighted by Gasteiger charge is -2.10. The second kappa shape index (κ2) is 5.77. The van der Waals surface area contributed by atoms with Crippen LogP contribution in [-0.4, -0.2) is 12.5 Å². The van der Waals surface area contributed by atoms with Crippen LogP contribution in [0.3, 0.4) is 0 Å². The molecule has 106 valence electrons. The molecule has 0 radical (unpaired) electrons. The number of carbonyl (C=O) groups excluding carboxylic acids is 1. The van der Waals surface area contributed by atoms with Gasteiger partial charge in [-0.25, -0.2) is 0 Å². The summed E-state index contributed by atoms with van der Waals surface area (Å²) in [6.07, 6.45) is 0.890. The average Bonchev–Trinajstić information content (AvgIpc) is 2.37. The normalized spacial score (nSPS) is 10.9. The summed E-state index contributed by atoms with van der Waals surface area (Å²) in [5, 5.41) is 0.334. The summed E-state index contributed by atoms with van der Waals surface area (Å²) >= 11 is 0. The number of amides is 1. The molecule has 1 amide bonds. The minimum atomic E-state index is -0.768. The van der Waals surface area contributed by atoms with E-state index in [1.54, 1.807) is 18.2 Å². The van der Waals surface area contributed by atoms with E-state index < -0.39 is 5.91 Å².